The molecule has 4 aromatic rings. The highest BCUT2D eigenvalue weighted by Gasteiger charge is 2.35. The van der Waals surface area contributed by atoms with Crippen molar-refractivity contribution >= 4 is 23.1 Å². The summed E-state index contributed by atoms with van der Waals surface area (Å²) in [6.07, 6.45) is 5.54. The van der Waals surface area contributed by atoms with Gasteiger partial charge in [-0.25, -0.2) is 9.67 Å². The van der Waals surface area contributed by atoms with Gasteiger partial charge in [-0.05, 0) is 80.9 Å². The number of ether oxygens (including phenoxy) is 1. The zero-order valence-corrected chi connectivity index (χ0v) is 20.6. The first-order valence-corrected chi connectivity index (χ1v) is 11.8. The maximum absolute atomic E-state index is 5.31. The predicted molar refractivity (Wildman–Crippen MR) is 140 cm³/mol. The second-order valence-electron chi connectivity index (χ2n) is 9.40. The van der Waals surface area contributed by atoms with E-state index in [4.69, 9.17) is 9.72 Å². The van der Waals surface area contributed by atoms with Gasteiger partial charge in [-0.1, -0.05) is 0 Å². The van der Waals surface area contributed by atoms with Gasteiger partial charge in [0.05, 0.1) is 18.3 Å². The van der Waals surface area contributed by atoms with Gasteiger partial charge in [0.1, 0.15) is 11.6 Å². The van der Waals surface area contributed by atoms with Crippen LogP contribution in [-0.4, -0.2) is 52.0 Å². The first-order chi connectivity index (χ1) is 16.9. The summed E-state index contributed by atoms with van der Waals surface area (Å²) in [7, 11) is 1.69. The SMILES string of the molecule is COc1ccc(N2CCN(c3nccc(Nc4ccc(-n5cccn5)cc4C)n3)CC2(C)C)cc1. The average molecular weight is 470 g/mol. The molecule has 1 fully saturated rings. The fourth-order valence-electron chi connectivity index (χ4n) is 4.63. The van der Waals surface area contributed by atoms with Crippen LogP contribution in [0.2, 0.25) is 0 Å². The van der Waals surface area contributed by atoms with Crippen molar-refractivity contribution in [3.8, 4) is 11.4 Å². The van der Waals surface area contributed by atoms with E-state index in [1.807, 2.05) is 47.4 Å². The van der Waals surface area contributed by atoms with Crippen LogP contribution >= 0.6 is 0 Å². The normalized spacial score (nSPS) is 15.2. The van der Waals surface area contributed by atoms with Crippen LogP contribution in [0.15, 0.2) is 73.2 Å². The molecule has 1 saturated heterocycles. The Morgan fingerprint density at radius 1 is 0.971 bits per heavy atom. The van der Waals surface area contributed by atoms with Crippen molar-refractivity contribution in [3.05, 3.63) is 78.8 Å². The van der Waals surface area contributed by atoms with E-state index in [2.05, 4.69) is 70.2 Å². The van der Waals surface area contributed by atoms with Crippen molar-refractivity contribution in [2.45, 2.75) is 26.3 Å². The summed E-state index contributed by atoms with van der Waals surface area (Å²) in [5.41, 5.74) is 4.26. The van der Waals surface area contributed by atoms with Gasteiger partial charge in [0.2, 0.25) is 5.95 Å². The first kappa shape index (κ1) is 22.7. The number of aryl methyl sites for hydroxylation is 1. The molecular formula is C27H31N7O. The Bertz CT molecular complexity index is 1290. The molecule has 1 N–H and O–H groups in total. The third kappa shape index (κ3) is 4.77. The Labute approximate surface area is 206 Å². The second kappa shape index (κ2) is 9.29. The monoisotopic (exact) mass is 469 g/mol. The van der Waals surface area contributed by atoms with Gasteiger partial charge in [0, 0.05) is 49.6 Å². The summed E-state index contributed by atoms with van der Waals surface area (Å²) in [5.74, 6) is 2.39. The maximum atomic E-state index is 5.31. The van der Waals surface area contributed by atoms with E-state index in [0.717, 1.165) is 54.1 Å². The number of benzene rings is 2. The van der Waals surface area contributed by atoms with Crippen LogP contribution in [0.25, 0.3) is 5.69 Å². The van der Waals surface area contributed by atoms with E-state index in [0.29, 0.717) is 0 Å². The first-order valence-electron chi connectivity index (χ1n) is 11.8. The van der Waals surface area contributed by atoms with Gasteiger partial charge < -0.3 is 19.9 Å². The van der Waals surface area contributed by atoms with E-state index < -0.39 is 0 Å². The van der Waals surface area contributed by atoms with E-state index in [1.165, 1.54) is 5.69 Å². The van der Waals surface area contributed by atoms with Crippen molar-refractivity contribution in [3.63, 3.8) is 0 Å². The number of nitrogens with one attached hydrogen (secondary N) is 1. The number of nitrogens with zero attached hydrogens (tertiary/aromatic N) is 6. The molecule has 0 aliphatic carbocycles. The molecule has 0 unspecified atom stereocenters. The van der Waals surface area contributed by atoms with Gasteiger partial charge in [-0.3, -0.25) is 0 Å². The van der Waals surface area contributed by atoms with Crippen LogP contribution in [0.5, 0.6) is 5.75 Å². The van der Waals surface area contributed by atoms with E-state index >= 15 is 0 Å². The number of hydrogen-bond acceptors (Lipinski definition) is 7. The minimum Gasteiger partial charge on any atom is -0.497 e. The zero-order valence-electron chi connectivity index (χ0n) is 20.6. The van der Waals surface area contributed by atoms with Gasteiger partial charge >= 0.3 is 0 Å². The van der Waals surface area contributed by atoms with E-state index in [-0.39, 0.29) is 5.54 Å². The average Bonchev–Trinajstić information content (AvgIpc) is 3.40. The molecule has 1 aliphatic heterocycles. The lowest BCUT2D eigenvalue weighted by Crippen LogP contribution is -2.60. The van der Waals surface area contributed by atoms with Gasteiger partial charge in [0.15, 0.2) is 0 Å². The quantitative estimate of drug-likeness (QED) is 0.434. The minimum absolute atomic E-state index is 0.0848. The van der Waals surface area contributed by atoms with Crippen molar-refractivity contribution in [1.82, 2.24) is 19.7 Å². The second-order valence-corrected chi connectivity index (χ2v) is 9.40. The van der Waals surface area contributed by atoms with Crippen LogP contribution in [0.1, 0.15) is 19.4 Å². The highest BCUT2D eigenvalue weighted by molar-refractivity contribution is 5.63. The highest BCUT2D eigenvalue weighted by atomic mass is 16.5. The van der Waals surface area contributed by atoms with Gasteiger partial charge in [-0.15, -0.1) is 0 Å². The summed E-state index contributed by atoms with van der Waals surface area (Å²) < 4.78 is 7.17. The zero-order chi connectivity index (χ0) is 24.4. The lowest BCUT2D eigenvalue weighted by molar-refractivity contribution is 0.408. The third-order valence-electron chi connectivity index (χ3n) is 6.45. The molecule has 0 spiro atoms. The fraction of sp³-hybridized carbons (Fsp3) is 0.296. The van der Waals surface area contributed by atoms with Crippen LogP contribution in [0.4, 0.5) is 23.1 Å². The molecule has 2 aromatic carbocycles. The number of anilines is 4. The molecule has 0 radical (unpaired) electrons. The van der Waals surface area contributed by atoms with Crippen molar-refractivity contribution in [2.75, 3.05) is 41.9 Å². The largest absolute Gasteiger partial charge is 0.497 e. The number of piperazine rings is 1. The van der Waals surface area contributed by atoms with Crippen molar-refractivity contribution in [1.29, 1.82) is 0 Å². The predicted octanol–water partition coefficient (Wildman–Crippen LogP) is 4.83. The molecular weight excluding hydrogens is 438 g/mol. The number of aromatic nitrogens is 4. The Morgan fingerprint density at radius 3 is 2.46 bits per heavy atom. The minimum atomic E-state index is -0.0848. The smallest absolute Gasteiger partial charge is 0.227 e. The molecule has 0 saturated carbocycles. The molecule has 8 heteroatoms. The molecule has 0 amide bonds. The number of methoxy groups -OCH3 is 1. The molecule has 180 valence electrons. The maximum Gasteiger partial charge on any atom is 0.227 e. The van der Waals surface area contributed by atoms with Crippen LogP contribution in [-0.2, 0) is 0 Å². The van der Waals surface area contributed by atoms with E-state index in [9.17, 15) is 0 Å². The molecule has 0 atom stereocenters. The van der Waals surface area contributed by atoms with Crippen LogP contribution < -0.4 is 19.9 Å². The number of rotatable bonds is 6. The van der Waals surface area contributed by atoms with Gasteiger partial charge in [-0.2, -0.15) is 10.1 Å². The molecule has 2 aromatic heterocycles. The topological polar surface area (TPSA) is 71.3 Å². The van der Waals surface area contributed by atoms with Crippen molar-refractivity contribution in [2.24, 2.45) is 0 Å². The molecule has 0 bridgehead atoms. The van der Waals surface area contributed by atoms with Gasteiger partial charge in [0.25, 0.3) is 0 Å². The molecule has 3 heterocycles. The lowest BCUT2D eigenvalue weighted by Gasteiger charge is -2.48. The number of hydrogen-bond donors (Lipinski definition) is 1. The lowest BCUT2D eigenvalue weighted by atomic mass is 9.98. The van der Waals surface area contributed by atoms with Crippen molar-refractivity contribution < 1.29 is 4.74 Å². The fourth-order valence-corrected chi connectivity index (χ4v) is 4.63. The Morgan fingerprint density at radius 2 is 1.77 bits per heavy atom. The van der Waals surface area contributed by atoms with Crippen LogP contribution in [0.3, 0.4) is 0 Å². The summed E-state index contributed by atoms with van der Waals surface area (Å²) in [5, 5.41) is 7.77. The van der Waals surface area contributed by atoms with Crippen LogP contribution in [0, 0.1) is 6.92 Å². The molecule has 35 heavy (non-hydrogen) atoms. The molecule has 8 nitrogen and oxygen atoms in total. The molecule has 1 aliphatic rings. The highest BCUT2D eigenvalue weighted by Crippen LogP contribution is 2.31. The summed E-state index contributed by atoms with van der Waals surface area (Å²) in [6, 6.07) is 18.3. The Balaban J connectivity index is 1.30. The van der Waals surface area contributed by atoms with E-state index in [1.54, 1.807) is 13.3 Å². The third-order valence-corrected chi connectivity index (χ3v) is 6.45. The summed E-state index contributed by atoms with van der Waals surface area (Å²) in [4.78, 5) is 14.1. The summed E-state index contributed by atoms with van der Waals surface area (Å²) in [6.45, 7) is 9.15. The Hall–Kier alpha value is -4.07. The Kier molecular flexibility index (Phi) is 6.03. The summed E-state index contributed by atoms with van der Waals surface area (Å²) >= 11 is 0. The standard InChI is InChI=1S/C27H31N7O/c1-20-18-22(34-15-5-13-29-34)8-11-24(20)30-25-12-14-28-26(31-25)32-16-17-33(27(2,3)19-32)21-6-9-23(35-4)10-7-21/h5-15,18H,16-17,19H2,1-4H3,(H,28,30,31). The molecule has 5 rings (SSSR count).